The summed E-state index contributed by atoms with van der Waals surface area (Å²) in [6.45, 7) is 12.8. The van der Waals surface area contributed by atoms with Crippen molar-refractivity contribution in [3.8, 4) is 0 Å². The lowest BCUT2D eigenvalue weighted by atomic mass is 9.89. The average molecular weight is 538 g/mol. The number of hydrogen-bond acceptors (Lipinski definition) is 3. The number of nitrogens with one attached hydrogen (secondary N) is 1. The molecule has 4 aromatic rings. The summed E-state index contributed by atoms with van der Waals surface area (Å²) in [5.74, 6) is 0.681. The SMILES string of the molecule is CC.CC[C@@H](NC(=O)c1ccc(CC2CCN(C(C)c3ccc4ncccc4c3)CC2)cc1)c1ccc(C)cc1.[HH]. The molecule has 0 spiro atoms. The number of aromatic nitrogens is 1. The van der Waals surface area contributed by atoms with Crippen LogP contribution in [0.15, 0.2) is 85.1 Å². The Morgan fingerprint density at radius 1 is 0.975 bits per heavy atom. The van der Waals surface area contributed by atoms with Crippen molar-refractivity contribution in [2.24, 2.45) is 5.92 Å². The number of amides is 1. The number of likely N-dealkylation sites (tertiary alicyclic amines) is 1. The molecular weight excluding hydrogens is 490 g/mol. The van der Waals surface area contributed by atoms with Gasteiger partial charge in [0.25, 0.3) is 5.91 Å². The maximum absolute atomic E-state index is 12.9. The highest BCUT2D eigenvalue weighted by Crippen LogP contribution is 2.30. The zero-order chi connectivity index (χ0) is 28.5. The van der Waals surface area contributed by atoms with Crippen molar-refractivity contribution in [1.82, 2.24) is 15.2 Å². The lowest BCUT2D eigenvalue weighted by Gasteiger charge is -2.36. The van der Waals surface area contributed by atoms with E-state index in [1.165, 1.54) is 34.9 Å². The number of pyridine rings is 1. The summed E-state index contributed by atoms with van der Waals surface area (Å²) in [7, 11) is 0. The van der Waals surface area contributed by atoms with E-state index in [0.29, 0.717) is 12.0 Å². The Bertz CT molecular complexity index is 1360. The summed E-state index contributed by atoms with van der Waals surface area (Å²) in [5.41, 5.74) is 6.86. The number of hydrogen-bond donors (Lipinski definition) is 1. The van der Waals surface area contributed by atoms with Gasteiger partial charge in [0.05, 0.1) is 11.6 Å². The number of fused-ring (bicyclic) bond motifs is 1. The van der Waals surface area contributed by atoms with Gasteiger partial charge >= 0.3 is 0 Å². The third-order valence-corrected chi connectivity index (χ3v) is 8.24. The highest BCUT2D eigenvalue weighted by atomic mass is 16.1. The normalized spacial score (nSPS) is 15.6. The number of aryl methyl sites for hydroxylation is 1. The Morgan fingerprint density at radius 3 is 2.33 bits per heavy atom. The molecule has 2 heterocycles. The average Bonchev–Trinajstić information content (AvgIpc) is 3.01. The third-order valence-electron chi connectivity index (χ3n) is 8.24. The highest BCUT2D eigenvalue weighted by Gasteiger charge is 2.24. The van der Waals surface area contributed by atoms with Crippen LogP contribution in [0.3, 0.4) is 0 Å². The standard InChI is InChI=1S/C34H39N3O.C2H6.H2/c1-4-32(28-11-7-24(2)8-12-28)36-34(38)29-13-9-26(10-14-29)22-27-17-20-37(21-18-27)25(3)30-15-16-33-31(23-30)6-5-19-35-33;1-2;/h5-16,19,23,25,27,32H,4,17-18,20-22H2,1-3H3,(H,36,38);1-2H3;1H/t25?,32-;;/m1../s1. The molecule has 1 N–H and O–H groups in total. The molecule has 0 radical (unpaired) electrons. The van der Waals surface area contributed by atoms with Crippen LogP contribution in [0.2, 0.25) is 0 Å². The predicted molar refractivity (Wildman–Crippen MR) is 170 cm³/mol. The fourth-order valence-electron chi connectivity index (χ4n) is 5.70. The minimum atomic E-state index is -0.00394. The Labute approximate surface area is 242 Å². The Balaban J connectivity index is 0.00000151. The number of rotatable bonds is 8. The molecule has 0 bridgehead atoms. The highest BCUT2D eigenvalue weighted by molar-refractivity contribution is 5.94. The maximum Gasteiger partial charge on any atom is 0.251 e. The van der Waals surface area contributed by atoms with Gasteiger partial charge in [-0.05, 0) is 106 Å². The number of carbonyl (C=O) groups is 1. The number of piperidine rings is 1. The molecule has 1 aliphatic rings. The largest absolute Gasteiger partial charge is 0.345 e. The summed E-state index contributed by atoms with van der Waals surface area (Å²) in [6.07, 6.45) is 6.20. The van der Waals surface area contributed by atoms with E-state index in [1.54, 1.807) is 0 Å². The maximum atomic E-state index is 12.9. The van der Waals surface area contributed by atoms with E-state index < -0.39 is 0 Å². The lowest BCUT2D eigenvalue weighted by molar-refractivity contribution is 0.0935. The van der Waals surface area contributed by atoms with Gasteiger partial charge in [-0.25, -0.2) is 0 Å². The van der Waals surface area contributed by atoms with Crippen molar-refractivity contribution in [1.29, 1.82) is 0 Å². The zero-order valence-corrected chi connectivity index (χ0v) is 24.9. The van der Waals surface area contributed by atoms with Gasteiger partial charge in [-0.3, -0.25) is 14.7 Å². The second-order valence-corrected chi connectivity index (χ2v) is 10.9. The lowest BCUT2D eigenvalue weighted by Crippen LogP contribution is -2.36. The molecule has 1 unspecified atom stereocenters. The van der Waals surface area contributed by atoms with E-state index in [4.69, 9.17) is 0 Å². The van der Waals surface area contributed by atoms with Crippen LogP contribution in [0, 0.1) is 12.8 Å². The van der Waals surface area contributed by atoms with Crippen molar-refractivity contribution < 1.29 is 6.22 Å². The first-order valence-corrected chi connectivity index (χ1v) is 15.0. The number of nitrogens with zero attached hydrogens (tertiary/aromatic N) is 2. The first-order chi connectivity index (χ1) is 19.5. The molecule has 3 aromatic carbocycles. The molecule has 1 fully saturated rings. The second-order valence-electron chi connectivity index (χ2n) is 10.9. The van der Waals surface area contributed by atoms with Crippen LogP contribution in [-0.2, 0) is 6.42 Å². The molecule has 4 heteroatoms. The monoisotopic (exact) mass is 537 g/mol. The van der Waals surface area contributed by atoms with Crippen molar-refractivity contribution in [3.05, 3.63) is 113 Å². The minimum absolute atomic E-state index is 0. The molecule has 4 nitrogen and oxygen atoms in total. The zero-order valence-electron chi connectivity index (χ0n) is 24.9. The van der Waals surface area contributed by atoms with E-state index >= 15 is 0 Å². The molecule has 1 aliphatic heterocycles. The molecule has 40 heavy (non-hydrogen) atoms. The van der Waals surface area contributed by atoms with Gasteiger partial charge in [0.15, 0.2) is 0 Å². The quantitative estimate of drug-likeness (QED) is 0.244. The van der Waals surface area contributed by atoms with Crippen molar-refractivity contribution >= 4 is 16.8 Å². The molecule has 1 aromatic heterocycles. The molecular formula is C36H47N3O. The first-order valence-electron chi connectivity index (χ1n) is 15.0. The van der Waals surface area contributed by atoms with E-state index in [9.17, 15) is 4.79 Å². The van der Waals surface area contributed by atoms with Crippen LogP contribution in [0.1, 0.15) is 93.1 Å². The van der Waals surface area contributed by atoms with Crippen LogP contribution in [0.4, 0.5) is 0 Å². The molecule has 212 valence electrons. The molecule has 0 saturated carbocycles. The van der Waals surface area contributed by atoms with Crippen LogP contribution in [0.5, 0.6) is 0 Å². The second kappa shape index (κ2) is 14.2. The summed E-state index contributed by atoms with van der Waals surface area (Å²) in [5, 5.41) is 4.42. The van der Waals surface area contributed by atoms with Gasteiger partial charge < -0.3 is 5.32 Å². The molecule has 5 rings (SSSR count). The fraction of sp³-hybridized carbons (Fsp3) is 0.389. The van der Waals surface area contributed by atoms with Gasteiger partial charge in [-0.2, -0.15) is 0 Å². The number of benzene rings is 3. The van der Waals surface area contributed by atoms with Crippen molar-refractivity contribution in [3.63, 3.8) is 0 Å². The van der Waals surface area contributed by atoms with E-state index in [1.807, 2.05) is 38.2 Å². The Morgan fingerprint density at radius 2 is 1.65 bits per heavy atom. The van der Waals surface area contributed by atoms with E-state index in [2.05, 4.69) is 96.6 Å². The summed E-state index contributed by atoms with van der Waals surface area (Å²) < 4.78 is 0. The van der Waals surface area contributed by atoms with Crippen LogP contribution in [-0.4, -0.2) is 28.9 Å². The van der Waals surface area contributed by atoms with E-state index in [0.717, 1.165) is 42.6 Å². The third kappa shape index (κ3) is 7.37. The Hall–Kier alpha value is -3.50. The molecule has 1 amide bonds. The van der Waals surface area contributed by atoms with Gasteiger partial charge in [-0.1, -0.05) is 74.9 Å². The topological polar surface area (TPSA) is 45.2 Å². The Kier molecular flexibility index (Phi) is 10.5. The summed E-state index contributed by atoms with van der Waals surface area (Å²) >= 11 is 0. The molecule has 2 atom stereocenters. The van der Waals surface area contributed by atoms with Gasteiger partial charge in [0.1, 0.15) is 0 Å². The molecule has 0 aliphatic carbocycles. The summed E-state index contributed by atoms with van der Waals surface area (Å²) in [4.78, 5) is 20.0. The summed E-state index contributed by atoms with van der Waals surface area (Å²) in [6, 6.07) is 27.9. The fourth-order valence-corrected chi connectivity index (χ4v) is 5.70. The molecule has 1 saturated heterocycles. The van der Waals surface area contributed by atoms with Crippen molar-refractivity contribution in [2.75, 3.05) is 13.1 Å². The van der Waals surface area contributed by atoms with Crippen LogP contribution < -0.4 is 5.32 Å². The number of carbonyl (C=O) groups excluding carboxylic acids is 1. The predicted octanol–water partition coefficient (Wildman–Crippen LogP) is 8.71. The van der Waals surface area contributed by atoms with Gasteiger partial charge in [-0.15, -0.1) is 0 Å². The van der Waals surface area contributed by atoms with Crippen LogP contribution in [0.25, 0.3) is 10.9 Å². The smallest absolute Gasteiger partial charge is 0.251 e. The van der Waals surface area contributed by atoms with Gasteiger partial charge in [0, 0.05) is 24.6 Å². The van der Waals surface area contributed by atoms with Gasteiger partial charge in [0.2, 0.25) is 0 Å². The minimum Gasteiger partial charge on any atom is -0.345 e. The van der Waals surface area contributed by atoms with Crippen molar-refractivity contribution in [2.45, 2.75) is 72.4 Å². The van der Waals surface area contributed by atoms with E-state index in [-0.39, 0.29) is 13.4 Å². The van der Waals surface area contributed by atoms with Crippen LogP contribution >= 0.6 is 0 Å². The first kappa shape index (κ1) is 29.5.